The highest BCUT2D eigenvalue weighted by Gasteiger charge is 2.08. The number of hydrogen-bond donors (Lipinski definition) is 0. The fourth-order valence-electron chi connectivity index (χ4n) is 1.50. The molecule has 1 aromatic rings. The molecule has 0 aliphatic heterocycles. The Morgan fingerprint density at radius 2 is 2.23 bits per heavy atom. The van der Waals surface area contributed by atoms with Gasteiger partial charge in [0.05, 0.1) is 0 Å². The molecule has 1 aromatic heterocycles. The van der Waals surface area contributed by atoms with Gasteiger partial charge in [0.2, 0.25) is 0 Å². The molecule has 0 bridgehead atoms. The Morgan fingerprint density at radius 1 is 1.31 bits per heavy atom. The Bertz CT molecular complexity index is 333. The highest BCUT2D eigenvalue weighted by molar-refractivity contribution is 5.24. The number of rotatable bonds is 1. The van der Waals surface area contributed by atoms with Gasteiger partial charge in [0, 0.05) is 17.8 Å². The summed E-state index contributed by atoms with van der Waals surface area (Å²) >= 11 is 0. The molecule has 2 rings (SSSR count). The van der Waals surface area contributed by atoms with E-state index in [0.717, 1.165) is 6.42 Å². The quantitative estimate of drug-likeness (QED) is 0.633. The van der Waals surface area contributed by atoms with Crippen molar-refractivity contribution in [2.45, 2.75) is 19.3 Å². The third kappa shape index (κ3) is 1.86. The second-order valence-electron chi connectivity index (χ2n) is 3.42. The van der Waals surface area contributed by atoms with Crippen LogP contribution in [0.4, 0.5) is 0 Å². The van der Waals surface area contributed by atoms with Crippen molar-refractivity contribution in [1.29, 1.82) is 0 Å². The van der Waals surface area contributed by atoms with E-state index in [1.54, 1.807) is 0 Å². The topological polar surface area (TPSA) is 12.9 Å². The van der Waals surface area contributed by atoms with Crippen molar-refractivity contribution in [3.63, 3.8) is 0 Å². The molecular weight excluding hydrogens is 158 g/mol. The first-order valence-electron chi connectivity index (χ1n) is 4.62. The highest BCUT2D eigenvalue weighted by Crippen LogP contribution is 2.22. The van der Waals surface area contributed by atoms with Gasteiger partial charge in [0.1, 0.15) is 0 Å². The van der Waals surface area contributed by atoms with Gasteiger partial charge in [-0.1, -0.05) is 30.4 Å². The van der Waals surface area contributed by atoms with Crippen LogP contribution in [0.2, 0.25) is 0 Å². The number of hydrogen-bond acceptors (Lipinski definition) is 1. The SMILES string of the molecule is Cc1ccc(C2C=CC=CC2)nc1. The molecule has 0 saturated heterocycles. The lowest BCUT2D eigenvalue weighted by Gasteiger charge is -2.11. The van der Waals surface area contributed by atoms with E-state index in [1.165, 1.54) is 11.3 Å². The zero-order valence-electron chi connectivity index (χ0n) is 7.77. The molecule has 0 radical (unpaired) electrons. The van der Waals surface area contributed by atoms with Crippen molar-refractivity contribution >= 4 is 0 Å². The van der Waals surface area contributed by atoms with E-state index in [2.05, 4.69) is 48.3 Å². The Labute approximate surface area is 78.8 Å². The summed E-state index contributed by atoms with van der Waals surface area (Å²) in [4.78, 5) is 4.42. The zero-order chi connectivity index (χ0) is 9.10. The summed E-state index contributed by atoms with van der Waals surface area (Å²) in [6, 6.07) is 4.23. The van der Waals surface area contributed by atoms with Gasteiger partial charge < -0.3 is 0 Å². The van der Waals surface area contributed by atoms with E-state index in [9.17, 15) is 0 Å². The van der Waals surface area contributed by atoms with Crippen LogP contribution in [-0.4, -0.2) is 4.98 Å². The molecule has 0 N–H and O–H groups in total. The second kappa shape index (κ2) is 3.56. The Balaban J connectivity index is 2.21. The highest BCUT2D eigenvalue weighted by atomic mass is 14.7. The van der Waals surface area contributed by atoms with Gasteiger partial charge in [-0.15, -0.1) is 0 Å². The molecule has 0 saturated carbocycles. The third-order valence-electron chi connectivity index (χ3n) is 2.29. The number of nitrogens with zero attached hydrogens (tertiary/aromatic N) is 1. The van der Waals surface area contributed by atoms with Crippen LogP contribution in [0.25, 0.3) is 0 Å². The van der Waals surface area contributed by atoms with Crippen LogP contribution >= 0.6 is 0 Å². The van der Waals surface area contributed by atoms with Gasteiger partial charge in [-0.05, 0) is 25.0 Å². The molecule has 1 aliphatic rings. The molecular formula is C12H13N. The summed E-state index contributed by atoms with van der Waals surface area (Å²) in [6.45, 7) is 2.06. The van der Waals surface area contributed by atoms with Crippen molar-refractivity contribution < 1.29 is 0 Å². The lowest BCUT2D eigenvalue weighted by molar-refractivity contribution is 0.814. The van der Waals surface area contributed by atoms with Crippen LogP contribution in [0.1, 0.15) is 23.6 Å². The van der Waals surface area contributed by atoms with Gasteiger partial charge in [0.25, 0.3) is 0 Å². The number of pyridine rings is 1. The van der Waals surface area contributed by atoms with Crippen LogP contribution < -0.4 is 0 Å². The lowest BCUT2D eigenvalue weighted by Crippen LogP contribution is -1.98. The maximum Gasteiger partial charge on any atom is 0.0475 e. The van der Waals surface area contributed by atoms with Gasteiger partial charge in [-0.3, -0.25) is 4.98 Å². The largest absolute Gasteiger partial charge is 0.260 e. The maximum atomic E-state index is 4.42. The molecule has 0 fully saturated rings. The minimum atomic E-state index is 0.477. The van der Waals surface area contributed by atoms with E-state index < -0.39 is 0 Å². The molecule has 0 aromatic carbocycles. The first-order valence-corrected chi connectivity index (χ1v) is 4.62. The van der Waals surface area contributed by atoms with E-state index >= 15 is 0 Å². The first-order chi connectivity index (χ1) is 6.36. The number of allylic oxidation sites excluding steroid dienone is 4. The summed E-state index contributed by atoms with van der Waals surface area (Å²) in [7, 11) is 0. The van der Waals surface area contributed by atoms with Gasteiger partial charge in [-0.2, -0.15) is 0 Å². The van der Waals surface area contributed by atoms with Crippen molar-refractivity contribution in [3.8, 4) is 0 Å². The van der Waals surface area contributed by atoms with E-state index in [1.807, 2.05) is 6.20 Å². The molecule has 1 nitrogen and oxygen atoms in total. The minimum absolute atomic E-state index is 0.477. The van der Waals surface area contributed by atoms with Crippen LogP contribution in [0.5, 0.6) is 0 Å². The van der Waals surface area contributed by atoms with Crippen molar-refractivity contribution in [2.75, 3.05) is 0 Å². The molecule has 1 heterocycles. The van der Waals surface area contributed by atoms with Crippen LogP contribution in [0.15, 0.2) is 42.6 Å². The average molecular weight is 171 g/mol. The van der Waals surface area contributed by atoms with E-state index in [4.69, 9.17) is 0 Å². The minimum Gasteiger partial charge on any atom is -0.260 e. The summed E-state index contributed by atoms with van der Waals surface area (Å²) in [5.41, 5.74) is 2.39. The Hall–Kier alpha value is -1.37. The van der Waals surface area contributed by atoms with Gasteiger partial charge >= 0.3 is 0 Å². The van der Waals surface area contributed by atoms with Crippen molar-refractivity contribution in [1.82, 2.24) is 4.98 Å². The van der Waals surface area contributed by atoms with E-state index in [0.29, 0.717) is 5.92 Å². The predicted molar refractivity (Wildman–Crippen MR) is 54.6 cm³/mol. The standard InChI is InChI=1S/C12H13N/c1-10-7-8-12(13-9-10)11-5-3-2-4-6-11/h2-5,7-9,11H,6H2,1H3. The zero-order valence-corrected chi connectivity index (χ0v) is 7.77. The van der Waals surface area contributed by atoms with Crippen molar-refractivity contribution in [2.24, 2.45) is 0 Å². The second-order valence-corrected chi connectivity index (χ2v) is 3.42. The molecule has 13 heavy (non-hydrogen) atoms. The summed E-state index contributed by atoms with van der Waals surface area (Å²) < 4.78 is 0. The normalized spacial score (nSPS) is 20.5. The summed E-state index contributed by atoms with van der Waals surface area (Å²) in [5, 5.41) is 0. The number of aromatic nitrogens is 1. The van der Waals surface area contributed by atoms with Crippen LogP contribution in [-0.2, 0) is 0 Å². The average Bonchev–Trinajstić information content (AvgIpc) is 2.20. The smallest absolute Gasteiger partial charge is 0.0475 e. The number of aryl methyl sites for hydroxylation is 1. The molecule has 1 heteroatoms. The van der Waals surface area contributed by atoms with E-state index in [-0.39, 0.29) is 0 Å². The predicted octanol–water partition coefficient (Wildman–Crippen LogP) is 2.99. The maximum absolute atomic E-state index is 4.42. The van der Waals surface area contributed by atoms with Gasteiger partial charge in [0.15, 0.2) is 0 Å². The van der Waals surface area contributed by atoms with Crippen LogP contribution in [0.3, 0.4) is 0 Å². The third-order valence-corrected chi connectivity index (χ3v) is 2.29. The Morgan fingerprint density at radius 3 is 2.85 bits per heavy atom. The fourth-order valence-corrected chi connectivity index (χ4v) is 1.50. The molecule has 66 valence electrons. The molecule has 0 spiro atoms. The first kappa shape index (κ1) is 8.24. The molecule has 0 amide bonds. The van der Waals surface area contributed by atoms with Gasteiger partial charge in [-0.25, -0.2) is 0 Å². The summed E-state index contributed by atoms with van der Waals surface area (Å²) in [5.74, 6) is 0.477. The molecule has 1 aliphatic carbocycles. The van der Waals surface area contributed by atoms with Crippen LogP contribution in [0, 0.1) is 6.92 Å². The van der Waals surface area contributed by atoms with Crippen molar-refractivity contribution in [3.05, 3.63) is 53.9 Å². The molecule has 1 atom stereocenters. The lowest BCUT2D eigenvalue weighted by atomic mass is 9.97. The molecule has 1 unspecified atom stereocenters. The monoisotopic (exact) mass is 171 g/mol. The Kier molecular flexibility index (Phi) is 2.26. The summed E-state index contributed by atoms with van der Waals surface area (Å²) in [6.07, 6.45) is 11.6. The fraction of sp³-hybridized carbons (Fsp3) is 0.250.